The second-order valence-corrected chi connectivity index (χ2v) is 4.21. The lowest BCUT2D eigenvalue weighted by Crippen LogP contribution is -2.27. The topological polar surface area (TPSA) is 46.1 Å². The summed E-state index contributed by atoms with van der Waals surface area (Å²) >= 11 is 1.59. The van der Waals surface area contributed by atoms with Crippen molar-refractivity contribution in [2.24, 2.45) is 0 Å². The van der Waals surface area contributed by atoms with Crippen LogP contribution in [0.5, 0.6) is 0 Å². The van der Waals surface area contributed by atoms with Crippen LogP contribution in [-0.2, 0) is 4.79 Å². The number of carbonyl (C=O) groups excluding carboxylic acids is 1. The molecule has 0 bridgehead atoms. The number of thioether (sulfide) groups is 1. The van der Waals surface area contributed by atoms with Crippen LogP contribution in [0.25, 0.3) is 0 Å². The third kappa shape index (κ3) is 1.72. The van der Waals surface area contributed by atoms with E-state index in [0.717, 1.165) is 11.4 Å². The van der Waals surface area contributed by atoms with Gasteiger partial charge in [-0.15, -0.1) is 11.8 Å². The number of rotatable bonds is 1. The van der Waals surface area contributed by atoms with Gasteiger partial charge in [-0.1, -0.05) is 0 Å². The molecule has 1 saturated heterocycles. The van der Waals surface area contributed by atoms with E-state index >= 15 is 0 Å². The molecule has 0 atom stereocenters. The largest absolute Gasteiger partial charge is 0.273 e. The van der Waals surface area contributed by atoms with Crippen LogP contribution in [-0.4, -0.2) is 27.5 Å². The number of aryl methyl sites for hydroxylation is 2. The molecule has 0 saturated carbocycles. The van der Waals surface area contributed by atoms with E-state index in [1.54, 1.807) is 16.7 Å². The summed E-state index contributed by atoms with van der Waals surface area (Å²) in [5.41, 5.74) is 1.80. The van der Waals surface area contributed by atoms with Gasteiger partial charge < -0.3 is 0 Å². The molecule has 1 fully saturated rings. The highest BCUT2D eigenvalue weighted by Gasteiger charge is 2.24. The second kappa shape index (κ2) is 3.57. The maximum Gasteiger partial charge on any atom is 0.240 e. The van der Waals surface area contributed by atoms with Crippen LogP contribution in [0.1, 0.15) is 11.4 Å². The molecule has 1 amide bonds. The van der Waals surface area contributed by atoms with Crippen molar-refractivity contribution in [2.45, 2.75) is 13.8 Å². The molecule has 0 N–H and O–H groups in total. The molecule has 0 unspecified atom stereocenters. The van der Waals surface area contributed by atoms with Gasteiger partial charge in [-0.05, 0) is 19.9 Å². The van der Waals surface area contributed by atoms with Gasteiger partial charge in [-0.3, -0.25) is 9.69 Å². The summed E-state index contributed by atoms with van der Waals surface area (Å²) in [5.74, 6) is 1.84. The Morgan fingerprint density at radius 3 is 2.50 bits per heavy atom. The summed E-state index contributed by atoms with van der Waals surface area (Å²) in [5, 5.41) is 0. The van der Waals surface area contributed by atoms with Crippen molar-refractivity contribution >= 4 is 23.6 Å². The van der Waals surface area contributed by atoms with Gasteiger partial charge in [0.05, 0.1) is 11.6 Å². The summed E-state index contributed by atoms with van der Waals surface area (Å²) in [6.07, 6.45) is 0. The number of hydrogen-bond acceptors (Lipinski definition) is 4. The first-order chi connectivity index (χ1) is 6.66. The summed E-state index contributed by atoms with van der Waals surface area (Å²) in [6.45, 7) is 3.82. The Hall–Kier alpha value is -1.10. The zero-order chi connectivity index (χ0) is 10.1. The predicted molar refractivity (Wildman–Crippen MR) is 56.3 cm³/mol. The highest BCUT2D eigenvalue weighted by Crippen LogP contribution is 2.20. The molecular weight excluding hydrogens is 198 g/mol. The van der Waals surface area contributed by atoms with Gasteiger partial charge in [0.25, 0.3) is 0 Å². The van der Waals surface area contributed by atoms with Gasteiger partial charge in [0, 0.05) is 11.4 Å². The Kier molecular flexibility index (Phi) is 2.41. The molecule has 2 rings (SSSR count). The quantitative estimate of drug-likeness (QED) is 0.695. The number of carbonyl (C=O) groups is 1. The molecule has 14 heavy (non-hydrogen) atoms. The normalized spacial score (nSPS) is 16.4. The Balaban J connectivity index is 2.35. The third-order valence-corrected chi connectivity index (χ3v) is 2.85. The van der Waals surface area contributed by atoms with E-state index in [-0.39, 0.29) is 5.91 Å². The lowest BCUT2D eigenvalue weighted by Gasteiger charge is -2.12. The van der Waals surface area contributed by atoms with Crippen LogP contribution in [0, 0.1) is 13.8 Å². The number of nitrogens with zero attached hydrogens (tertiary/aromatic N) is 3. The Morgan fingerprint density at radius 1 is 1.36 bits per heavy atom. The van der Waals surface area contributed by atoms with Crippen LogP contribution in [0.3, 0.4) is 0 Å². The fraction of sp³-hybridized carbons (Fsp3) is 0.444. The van der Waals surface area contributed by atoms with Crippen molar-refractivity contribution in [2.75, 3.05) is 16.5 Å². The van der Waals surface area contributed by atoms with E-state index < -0.39 is 0 Å². The molecule has 1 aliphatic heterocycles. The molecule has 74 valence electrons. The Morgan fingerprint density at radius 2 is 2.00 bits per heavy atom. The predicted octanol–water partition coefficient (Wildman–Crippen LogP) is 1.13. The van der Waals surface area contributed by atoms with E-state index in [1.807, 2.05) is 19.9 Å². The van der Waals surface area contributed by atoms with E-state index in [0.29, 0.717) is 17.6 Å². The molecular formula is C9H11N3OS. The number of amides is 1. The first-order valence-corrected chi connectivity index (χ1v) is 5.52. The minimum Gasteiger partial charge on any atom is -0.273 e. The Labute approximate surface area is 86.7 Å². The van der Waals surface area contributed by atoms with Gasteiger partial charge in [0.15, 0.2) is 0 Å². The van der Waals surface area contributed by atoms with Crippen molar-refractivity contribution in [1.82, 2.24) is 9.97 Å². The fourth-order valence-electron chi connectivity index (χ4n) is 1.37. The SMILES string of the molecule is Cc1cc(C)nc(N2CSCC2=O)n1. The van der Waals surface area contributed by atoms with Crippen molar-refractivity contribution < 1.29 is 4.79 Å². The van der Waals surface area contributed by atoms with E-state index in [2.05, 4.69) is 9.97 Å². The lowest BCUT2D eigenvalue weighted by molar-refractivity contribution is -0.115. The smallest absolute Gasteiger partial charge is 0.240 e. The molecule has 0 aromatic carbocycles. The highest BCUT2D eigenvalue weighted by molar-refractivity contribution is 8.00. The van der Waals surface area contributed by atoms with E-state index in [9.17, 15) is 4.79 Å². The lowest BCUT2D eigenvalue weighted by atomic mass is 10.3. The summed E-state index contributed by atoms with van der Waals surface area (Å²) in [6, 6.07) is 1.90. The van der Waals surface area contributed by atoms with Gasteiger partial charge in [0.2, 0.25) is 11.9 Å². The number of hydrogen-bond donors (Lipinski definition) is 0. The minimum absolute atomic E-state index is 0.0972. The van der Waals surface area contributed by atoms with Crippen molar-refractivity contribution in [3.8, 4) is 0 Å². The maximum absolute atomic E-state index is 11.4. The van der Waals surface area contributed by atoms with Crippen LogP contribution in [0.2, 0.25) is 0 Å². The molecule has 1 aromatic heterocycles. The summed E-state index contributed by atoms with van der Waals surface area (Å²) < 4.78 is 0. The molecule has 0 spiro atoms. The van der Waals surface area contributed by atoms with Crippen molar-refractivity contribution in [1.29, 1.82) is 0 Å². The van der Waals surface area contributed by atoms with Crippen LogP contribution in [0.4, 0.5) is 5.95 Å². The zero-order valence-electron chi connectivity index (χ0n) is 8.15. The van der Waals surface area contributed by atoms with Crippen molar-refractivity contribution in [3.63, 3.8) is 0 Å². The van der Waals surface area contributed by atoms with Crippen molar-refractivity contribution in [3.05, 3.63) is 17.5 Å². The molecule has 0 radical (unpaired) electrons. The molecule has 0 aliphatic carbocycles. The molecule has 1 aromatic rings. The van der Waals surface area contributed by atoms with Crippen LogP contribution in [0.15, 0.2) is 6.07 Å². The van der Waals surface area contributed by atoms with Gasteiger partial charge in [0.1, 0.15) is 0 Å². The molecule has 2 heterocycles. The first-order valence-electron chi connectivity index (χ1n) is 4.37. The van der Waals surface area contributed by atoms with E-state index in [1.165, 1.54) is 0 Å². The third-order valence-electron chi connectivity index (χ3n) is 1.96. The average Bonchev–Trinajstić information content (AvgIpc) is 2.49. The van der Waals surface area contributed by atoms with Gasteiger partial charge in [-0.2, -0.15) is 0 Å². The van der Waals surface area contributed by atoms with Gasteiger partial charge >= 0.3 is 0 Å². The van der Waals surface area contributed by atoms with Crippen LogP contribution < -0.4 is 4.90 Å². The average molecular weight is 209 g/mol. The van der Waals surface area contributed by atoms with Gasteiger partial charge in [-0.25, -0.2) is 9.97 Å². The second-order valence-electron chi connectivity index (χ2n) is 3.25. The first kappa shape index (κ1) is 9.45. The standard InChI is InChI=1S/C9H11N3OS/c1-6-3-7(2)11-9(10-6)12-5-14-4-8(12)13/h3H,4-5H2,1-2H3. The summed E-state index contributed by atoms with van der Waals surface area (Å²) in [7, 11) is 0. The molecule has 5 heteroatoms. The highest BCUT2D eigenvalue weighted by atomic mass is 32.2. The molecule has 1 aliphatic rings. The minimum atomic E-state index is 0.0972. The molecule has 4 nitrogen and oxygen atoms in total. The monoisotopic (exact) mass is 209 g/mol. The zero-order valence-corrected chi connectivity index (χ0v) is 8.97. The van der Waals surface area contributed by atoms with E-state index in [4.69, 9.17) is 0 Å². The Bertz CT molecular complexity index is 360. The fourth-order valence-corrected chi connectivity index (χ4v) is 2.24. The van der Waals surface area contributed by atoms with Crippen LogP contribution >= 0.6 is 11.8 Å². The maximum atomic E-state index is 11.4. The number of aromatic nitrogens is 2. The summed E-state index contributed by atoms with van der Waals surface area (Å²) in [4.78, 5) is 21.5. The number of anilines is 1.